The van der Waals surface area contributed by atoms with Crippen LogP contribution in [0.5, 0.6) is 0 Å². The molecule has 1 saturated heterocycles. The number of nitrogens with zero attached hydrogens (tertiary/aromatic N) is 2. The molecule has 5 nitrogen and oxygen atoms in total. The molecule has 2 rings (SSSR count). The van der Waals surface area contributed by atoms with Crippen LogP contribution in [0.1, 0.15) is 26.0 Å². The summed E-state index contributed by atoms with van der Waals surface area (Å²) < 4.78 is 10.8. The maximum absolute atomic E-state index is 5.57. The second-order valence-electron chi connectivity index (χ2n) is 5.70. The molecule has 0 saturated carbocycles. The molecule has 1 atom stereocenters. The Morgan fingerprint density at radius 3 is 3.16 bits per heavy atom. The van der Waals surface area contributed by atoms with E-state index in [0.717, 1.165) is 50.9 Å². The molecule has 1 aromatic rings. The average Bonchev–Trinajstić information content (AvgIpc) is 2.98. The van der Waals surface area contributed by atoms with E-state index in [1.165, 1.54) is 0 Å². The molecule has 0 spiro atoms. The summed E-state index contributed by atoms with van der Waals surface area (Å²) in [4.78, 5) is 6.74. The molecule has 0 amide bonds. The first kappa shape index (κ1) is 14.3. The molecule has 1 N–H and O–H groups in total. The van der Waals surface area contributed by atoms with Gasteiger partial charge in [0.1, 0.15) is 6.26 Å². The molecule has 108 valence electrons. The first-order valence-corrected chi connectivity index (χ1v) is 7.08. The van der Waals surface area contributed by atoms with Gasteiger partial charge >= 0.3 is 0 Å². The number of rotatable bonds is 7. The molecular weight excluding hydrogens is 242 g/mol. The van der Waals surface area contributed by atoms with Crippen LogP contribution in [0, 0.1) is 11.8 Å². The summed E-state index contributed by atoms with van der Waals surface area (Å²) in [5.74, 6) is 1.25. The molecule has 5 heteroatoms. The number of methoxy groups -OCH3 is 1. The van der Waals surface area contributed by atoms with Crippen LogP contribution in [0.2, 0.25) is 0 Å². The Morgan fingerprint density at radius 2 is 2.42 bits per heavy atom. The maximum atomic E-state index is 5.57. The monoisotopic (exact) mass is 267 g/mol. The minimum absolute atomic E-state index is 0.597. The van der Waals surface area contributed by atoms with Crippen LogP contribution in [0.3, 0.4) is 0 Å². The Morgan fingerprint density at radius 1 is 1.58 bits per heavy atom. The second kappa shape index (κ2) is 6.91. The zero-order chi connectivity index (χ0) is 13.7. The average molecular weight is 267 g/mol. The fraction of sp³-hybridized carbons (Fsp3) is 0.786. The molecule has 1 aliphatic rings. The molecule has 0 radical (unpaired) electrons. The normalized spacial score (nSPS) is 19.6. The molecule has 19 heavy (non-hydrogen) atoms. The van der Waals surface area contributed by atoms with Crippen LogP contribution < -0.4 is 10.2 Å². The van der Waals surface area contributed by atoms with Gasteiger partial charge < -0.3 is 19.4 Å². The maximum Gasteiger partial charge on any atom is 0.297 e. The van der Waals surface area contributed by atoms with E-state index in [4.69, 9.17) is 9.15 Å². The molecule has 2 heterocycles. The van der Waals surface area contributed by atoms with Crippen LogP contribution in [0.25, 0.3) is 0 Å². The zero-order valence-corrected chi connectivity index (χ0v) is 12.2. The van der Waals surface area contributed by atoms with E-state index in [1.807, 2.05) is 0 Å². The largest absolute Gasteiger partial charge is 0.432 e. The van der Waals surface area contributed by atoms with Crippen molar-refractivity contribution in [3.63, 3.8) is 0 Å². The molecule has 1 aromatic heterocycles. The van der Waals surface area contributed by atoms with Crippen LogP contribution in [-0.4, -0.2) is 38.3 Å². The number of hydrogen-bond donors (Lipinski definition) is 1. The summed E-state index contributed by atoms with van der Waals surface area (Å²) in [6.07, 6.45) is 2.91. The highest BCUT2D eigenvalue weighted by atomic mass is 16.5. The van der Waals surface area contributed by atoms with Crippen LogP contribution >= 0.6 is 0 Å². The highest BCUT2D eigenvalue weighted by Gasteiger charge is 2.25. The number of ether oxygens (including phenoxy) is 1. The van der Waals surface area contributed by atoms with Crippen LogP contribution in [-0.2, 0) is 11.3 Å². The number of hydrogen-bond acceptors (Lipinski definition) is 5. The lowest BCUT2D eigenvalue weighted by Crippen LogP contribution is -2.22. The van der Waals surface area contributed by atoms with Crippen molar-refractivity contribution >= 4 is 6.01 Å². The Balaban J connectivity index is 1.80. The van der Waals surface area contributed by atoms with Gasteiger partial charge in [0.25, 0.3) is 6.01 Å². The van der Waals surface area contributed by atoms with Crippen molar-refractivity contribution in [2.24, 2.45) is 11.8 Å². The molecule has 1 unspecified atom stereocenters. The Kier molecular flexibility index (Phi) is 5.22. The highest BCUT2D eigenvalue weighted by Crippen LogP contribution is 2.23. The SMILES string of the molecule is COCC1CCN(c2nc(CNCC(C)C)co2)C1. The predicted octanol–water partition coefficient (Wildman–Crippen LogP) is 1.89. The Hall–Kier alpha value is -1.07. The minimum atomic E-state index is 0.597. The van der Waals surface area contributed by atoms with Gasteiger partial charge in [-0.05, 0) is 18.9 Å². The minimum Gasteiger partial charge on any atom is -0.432 e. The van der Waals surface area contributed by atoms with E-state index in [1.54, 1.807) is 13.4 Å². The summed E-state index contributed by atoms with van der Waals surface area (Å²) in [6, 6.07) is 0.750. The lowest BCUT2D eigenvalue weighted by molar-refractivity contribution is 0.160. The van der Waals surface area contributed by atoms with E-state index in [-0.39, 0.29) is 0 Å². The van der Waals surface area contributed by atoms with Crippen molar-refractivity contribution in [1.82, 2.24) is 10.3 Å². The van der Waals surface area contributed by atoms with Gasteiger partial charge in [0, 0.05) is 32.7 Å². The topological polar surface area (TPSA) is 50.5 Å². The number of oxazole rings is 1. The first-order chi connectivity index (χ1) is 9.19. The lowest BCUT2D eigenvalue weighted by Gasteiger charge is -2.13. The summed E-state index contributed by atoms with van der Waals surface area (Å²) >= 11 is 0. The number of nitrogens with one attached hydrogen (secondary N) is 1. The first-order valence-electron chi connectivity index (χ1n) is 7.08. The third kappa shape index (κ3) is 4.21. The van der Waals surface area contributed by atoms with Crippen molar-refractivity contribution in [2.75, 3.05) is 38.3 Å². The van der Waals surface area contributed by atoms with Crippen molar-refractivity contribution < 1.29 is 9.15 Å². The standard InChI is InChI=1S/C14H25N3O2/c1-11(2)6-15-7-13-10-19-14(16-13)17-5-4-12(8-17)9-18-3/h10-12,15H,4-9H2,1-3H3. The van der Waals surface area contributed by atoms with E-state index in [9.17, 15) is 0 Å². The third-order valence-corrected chi connectivity index (χ3v) is 3.36. The van der Waals surface area contributed by atoms with Gasteiger partial charge in [-0.3, -0.25) is 0 Å². The summed E-state index contributed by atoms with van der Waals surface area (Å²) in [7, 11) is 1.76. The van der Waals surface area contributed by atoms with Crippen molar-refractivity contribution in [3.8, 4) is 0 Å². The summed E-state index contributed by atoms with van der Waals surface area (Å²) in [6.45, 7) is 8.97. The number of aromatic nitrogens is 1. The fourth-order valence-corrected chi connectivity index (χ4v) is 2.39. The van der Waals surface area contributed by atoms with E-state index in [2.05, 4.69) is 29.0 Å². The number of anilines is 1. The van der Waals surface area contributed by atoms with E-state index >= 15 is 0 Å². The molecular formula is C14H25N3O2. The molecule has 1 fully saturated rings. The van der Waals surface area contributed by atoms with Gasteiger partial charge in [-0.15, -0.1) is 0 Å². The lowest BCUT2D eigenvalue weighted by atomic mass is 10.1. The third-order valence-electron chi connectivity index (χ3n) is 3.36. The van der Waals surface area contributed by atoms with Crippen LogP contribution in [0.4, 0.5) is 6.01 Å². The highest BCUT2D eigenvalue weighted by molar-refractivity contribution is 5.29. The van der Waals surface area contributed by atoms with Crippen molar-refractivity contribution in [1.29, 1.82) is 0 Å². The van der Waals surface area contributed by atoms with Gasteiger partial charge in [-0.1, -0.05) is 13.8 Å². The van der Waals surface area contributed by atoms with Gasteiger partial charge in [0.15, 0.2) is 0 Å². The van der Waals surface area contributed by atoms with Gasteiger partial charge in [0.05, 0.1) is 12.3 Å². The molecule has 0 bridgehead atoms. The van der Waals surface area contributed by atoms with Crippen molar-refractivity contribution in [3.05, 3.63) is 12.0 Å². The Labute approximate surface area is 115 Å². The molecule has 0 aromatic carbocycles. The van der Waals surface area contributed by atoms with Gasteiger partial charge in [-0.25, -0.2) is 0 Å². The predicted molar refractivity (Wildman–Crippen MR) is 75.2 cm³/mol. The fourth-order valence-electron chi connectivity index (χ4n) is 2.39. The smallest absolute Gasteiger partial charge is 0.297 e. The second-order valence-corrected chi connectivity index (χ2v) is 5.70. The summed E-state index contributed by atoms with van der Waals surface area (Å²) in [5, 5.41) is 3.37. The van der Waals surface area contributed by atoms with E-state index < -0.39 is 0 Å². The quantitative estimate of drug-likeness (QED) is 0.817. The van der Waals surface area contributed by atoms with Gasteiger partial charge in [-0.2, -0.15) is 4.98 Å². The molecule has 0 aliphatic carbocycles. The van der Waals surface area contributed by atoms with Crippen LogP contribution in [0.15, 0.2) is 10.7 Å². The molecule has 1 aliphatic heterocycles. The zero-order valence-electron chi connectivity index (χ0n) is 12.2. The van der Waals surface area contributed by atoms with Crippen molar-refractivity contribution in [2.45, 2.75) is 26.8 Å². The van der Waals surface area contributed by atoms with E-state index in [0.29, 0.717) is 11.8 Å². The van der Waals surface area contributed by atoms with Gasteiger partial charge in [0.2, 0.25) is 0 Å². The summed E-state index contributed by atoms with van der Waals surface area (Å²) in [5.41, 5.74) is 0.978. The Bertz CT molecular complexity index is 379.